The fourth-order valence-electron chi connectivity index (χ4n) is 2.06. The molecule has 2 amide bonds. The zero-order chi connectivity index (χ0) is 14.5. The normalized spacial score (nSPS) is 19.6. The molecule has 1 aliphatic rings. The van der Waals surface area contributed by atoms with Crippen molar-refractivity contribution >= 4 is 12.0 Å². The number of nitrogens with one attached hydrogen (secondary N) is 2. The number of carbonyl (C=O) groups is 2. The number of rotatable bonds is 5. The van der Waals surface area contributed by atoms with Gasteiger partial charge in [-0.25, -0.2) is 14.6 Å². The number of carboxylic acids is 1. The molecule has 20 heavy (non-hydrogen) atoms. The number of imidazole rings is 1. The van der Waals surface area contributed by atoms with E-state index >= 15 is 0 Å². The van der Waals surface area contributed by atoms with Crippen LogP contribution in [0.3, 0.4) is 0 Å². The highest BCUT2D eigenvalue weighted by molar-refractivity contribution is 5.82. The van der Waals surface area contributed by atoms with Crippen LogP contribution in [0.5, 0.6) is 0 Å². The molecule has 0 spiro atoms. The minimum Gasteiger partial charge on any atom is -0.480 e. The van der Waals surface area contributed by atoms with Gasteiger partial charge in [0.05, 0.1) is 19.0 Å². The molecule has 8 nitrogen and oxygen atoms in total. The molecule has 110 valence electrons. The second kappa shape index (κ2) is 6.38. The van der Waals surface area contributed by atoms with E-state index in [1.54, 1.807) is 7.05 Å². The van der Waals surface area contributed by atoms with Crippen LogP contribution in [0.1, 0.15) is 12.1 Å². The van der Waals surface area contributed by atoms with Gasteiger partial charge in [-0.1, -0.05) is 0 Å². The third kappa shape index (κ3) is 3.47. The molecule has 1 aromatic rings. The smallest absolute Gasteiger partial charge is 0.326 e. The minimum atomic E-state index is -1.08. The third-order valence-corrected chi connectivity index (χ3v) is 3.35. The van der Waals surface area contributed by atoms with Crippen LogP contribution in [0.2, 0.25) is 0 Å². The van der Waals surface area contributed by atoms with Gasteiger partial charge in [-0.05, 0) is 6.42 Å². The van der Waals surface area contributed by atoms with Gasteiger partial charge in [0, 0.05) is 32.0 Å². The van der Waals surface area contributed by atoms with E-state index < -0.39 is 18.0 Å². The van der Waals surface area contributed by atoms with E-state index in [9.17, 15) is 14.7 Å². The molecule has 2 heterocycles. The van der Waals surface area contributed by atoms with E-state index in [1.807, 2.05) is 0 Å². The topological polar surface area (TPSA) is 108 Å². The Morgan fingerprint density at radius 2 is 2.50 bits per heavy atom. The van der Waals surface area contributed by atoms with Crippen molar-refractivity contribution in [2.24, 2.45) is 0 Å². The number of amides is 2. The highest BCUT2D eigenvalue weighted by Gasteiger charge is 2.28. The molecule has 0 aromatic carbocycles. The highest BCUT2D eigenvalue weighted by Crippen LogP contribution is 2.11. The first-order chi connectivity index (χ1) is 9.58. The van der Waals surface area contributed by atoms with E-state index in [-0.39, 0.29) is 12.5 Å². The predicted molar refractivity (Wildman–Crippen MR) is 69.2 cm³/mol. The molecule has 1 unspecified atom stereocenters. The molecule has 1 saturated heterocycles. The first-order valence-electron chi connectivity index (χ1n) is 6.39. The van der Waals surface area contributed by atoms with E-state index in [1.165, 1.54) is 17.4 Å². The van der Waals surface area contributed by atoms with Crippen LogP contribution in [0.4, 0.5) is 4.79 Å². The van der Waals surface area contributed by atoms with Gasteiger partial charge in [0.25, 0.3) is 0 Å². The van der Waals surface area contributed by atoms with Gasteiger partial charge in [-0.3, -0.25) is 0 Å². The summed E-state index contributed by atoms with van der Waals surface area (Å²) in [6.45, 7) is 1.11. The van der Waals surface area contributed by atoms with Crippen LogP contribution in [0.25, 0.3) is 0 Å². The summed E-state index contributed by atoms with van der Waals surface area (Å²) < 4.78 is 5.21. The van der Waals surface area contributed by atoms with Crippen molar-refractivity contribution < 1.29 is 19.4 Å². The van der Waals surface area contributed by atoms with Crippen molar-refractivity contribution in [2.75, 3.05) is 20.3 Å². The maximum atomic E-state index is 12.0. The number of ether oxygens (including phenoxy) is 1. The Labute approximate surface area is 116 Å². The summed E-state index contributed by atoms with van der Waals surface area (Å²) in [5.74, 6) is -1.08. The van der Waals surface area contributed by atoms with Crippen LogP contribution in [0.15, 0.2) is 12.5 Å². The molecule has 3 N–H and O–H groups in total. The highest BCUT2D eigenvalue weighted by atomic mass is 16.5. The number of carbonyl (C=O) groups excluding carboxylic acids is 1. The number of aromatic nitrogens is 2. The van der Waals surface area contributed by atoms with Crippen molar-refractivity contribution in [3.05, 3.63) is 18.2 Å². The number of hydrogen-bond donors (Lipinski definition) is 3. The lowest BCUT2D eigenvalue weighted by Crippen LogP contribution is -2.50. The lowest BCUT2D eigenvalue weighted by molar-refractivity contribution is -0.139. The summed E-state index contributed by atoms with van der Waals surface area (Å²) >= 11 is 0. The number of carboxylic acid groups (broad SMARTS) is 1. The van der Waals surface area contributed by atoms with Crippen LogP contribution >= 0.6 is 0 Å². The summed E-state index contributed by atoms with van der Waals surface area (Å²) in [6, 6.07) is -1.41. The summed E-state index contributed by atoms with van der Waals surface area (Å²) in [5.41, 5.74) is 0.657. The van der Waals surface area contributed by atoms with Gasteiger partial charge < -0.3 is 25.0 Å². The Balaban J connectivity index is 1.93. The Morgan fingerprint density at radius 3 is 3.05 bits per heavy atom. The molecule has 0 bridgehead atoms. The van der Waals surface area contributed by atoms with Crippen molar-refractivity contribution in [3.63, 3.8) is 0 Å². The Kier molecular flexibility index (Phi) is 4.57. The maximum absolute atomic E-state index is 12.0. The summed E-state index contributed by atoms with van der Waals surface area (Å²) in [5, 5.41) is 11.7. The number of H-pyrrole nitrogens is 1. The summed E-state index contributed by atoms with van der Waals surface area (Å²) in [4.78, 5) is 31.4. The number of nitrogens with zero attached hydrogens (tertiary/aromatic N) is 2. The fraction of sp³-hybridized carbons (Fsp3) is 0.583. The second-order valence-electron chi connectivity index (χ2n) is 4.75. The zero-order valence-electron chi connectivity index (χ0n) is 11.2. The quantitative estimate of drug-likeness (QED) is 0.695. The average Bonchev–Trinajstić information content (AvgIpc) is 3.09. The lowest BCUT2D eigenvalue weighted by Gasteiger charge is -2.25. The van der Waals surface area contributed by atoms with Crippen molar-refractivity contribution in [1.82, 2.24) is 20.2 Å². The van der Waals surface area contributed by atoms with Gasteiger partial charge >= 0.3 is 12.0 Å². The SMILES string of the molecule is CN(C(=O)N[C@@H](Cc1cnc[nH]1)C(=O)O)C1CCOC1. The first kappa shape index (κ1) is 14.3. The Hall–Kier alpha value is -2.09. The number of hydrogen-bond acceptors (Lipinski definition) is 4. The molecule has 0 aliphatic carbocycles. The molecule has 0 saturated carbocycles. The van der Waals surface area contributed by atoms with E-state index in [2.05, 4.69) is 15.3 Å². The molecule has 0 radical (unpaired) electrons. The van der Waals surface area contributed by atoms with Gasteiger partial charge in [-0.2, -0.15) is 0 Å². The molecule has 1 aromatic heterocycles. The number of aliphatic carboxylic acids is 1. The molecule has 1 fully saturated rings. The Bertz CT molecular complexity index is 456. The van der Waals surface area contributed by atoms with E-state index in [0.29, 0.717) is 18.9 Å². The van der Waals surface area contributed by atoms with Crippen molar-refractivity contribution in [1.29, 1.82) is 0 Å². The minimum absolute atomic E-state index is 0.00315. The van der Waals surface area contributed by atoms with Crippen LogP contribution < -0.4 is 5.32 Å². The van der Waals surface area contributed by atoms with Crippen LogP contribution in [-0.2, 0) is 16.0 Å². The standard InChI is InChI=1S/C12H18N4O4/c1-16(9-2-3-20-6-9)12(19)15-10(11(17)18)4-8-5-13-7-14-8/h5,7,9-10H,2-4,6H2,1H3,(H,13,14)(H,15,19)(H,17,18)/t9?,10-/m0/s1. The number of urea groups is 1. The maximum Gasteiger partial charge on any atom is 0.326 e. The molecular formula is C12H18N4O4. The van der Waals surface area contributed by atoms with Gasteiger partial charge in [0.2, 0.25) is 0 Å². The van der Waals surface area contributed by atoms with E-state index in [4.69, 9.17) is 4.74 Å². The predicted octanol–water partition coefficient (Wildman–Crippen LogP) is -0.164. The largest absolute Gasteiger partial charge is 0.480 e. The monoisotopic (exact) mass is 282 g/mol. The second-order valence-corrected chi connectivity index (χ2v) is 4.75. The van der Waals surface area contributed by atoms with E-state index in [0.717, 1.165) is 6.42 Å². The van der Waals surface area contributed by atoms with Gasteiger partial charge in [0.15, 0.2) is 0 Å². The van der Waals surface area contributed by atoms with Crippen molar-refractivity contribution in [3.8, 4) is 0 Å². The van der Waals surface area contributed by atoms with Gasteiger partial charge in [-0.15, -0.1) is 0 Å². The lowest BCUT2D eigenvalue weighted by atomic mass is 10.1. The molecule has 1 aliphatic heterocycles. The molecular weight excluding hydrogens is 264 g/mol. The Morgan fingerprint density at radius 1 is 1.70 bits per heavy atom. The number of aromatic amines is 1. The fourth-order valence-corrected chi connectivity index (χ4v) is 2.06. The first-order valence-corrected chi connectivity index (χ1v) is 6.39. The van der Waals surface area contributed by atoms with Gasteiger partial charge in [0.1, 0.15) is 6.04 Å². The van der Waals surface area contributed by atoms with Crippen LogP contribution in [-0.4, -0.2) is 64.3 Å². The number of likely N-dealkylation sites (N-methyl/N-ethyl adjacent to an activating group) is 1. The summed E-state index contributed by atoms with van der Waals surface area (Å²) in [7, 11) is 1.64. The molecule has 2 rings (SSSR count). The molecule has 2 atom stereocenters. The average molecular weight is 282 g/mol. The van der Waals surface area contributed by atoms with Crippen molar-refractivity contribution in [2.45, 2.75) is 24.9 Å². The summed E-state index contributed by atoms with van der Waals surface area (Å²) in [6.07, 6.45) is 3.94. The third-order valence-electron chi connectivity index (χ3n) is 3.35. The van der Waals surface area contributed by atoms with Crippen LogP contribution in [0, 0.1) is 0 Å². The molecule has 8 heteroatoms. The zero-order valence-corrected chi connectivity index (χ0v) is 11.2.